The summed E-state index contributed by atoms with van der Waals surface area (Å²) in [5.74, 6) is 0.985. The van der Waals surface area contributed by atoms with E-state index in [4.69, 9.17) is 0 Å². The quantitative estimate of drug-likeness (QED) is 0.666. The van der Waals surface area contributed by atoms with Crippen LogP contribution in [0.1, 0.15) is 26.3 Å². The van der Waals surface area contributed by atoms with E-state index >= 15 is 0 Å². The number of rotatable bonds is 5. The van der Waals surface area contributed by atoms with Crippen LogP contribution in [-0.2, 0) is 6.42 Å². The van der Waals surface area contributed by atoms with Crippen molar-refractivity contribution in [2.24, 2.45) is 4.99 Å². The van der Waals surface area contributed by atoms with Gasteiger partial charge in [-0.05, 0) is 38.1 Å². The average molecular weight is 288 g/mol. The van der Waals surface area contributed by atoms with Crippen molar-refractivity contribution in [2.75, 3.05) is 38.1 Å². The molecule has 4 nitrogen and oxygen atoms in total. The second-order valence-electron chi connectivity index (χ2n) is 5.53. The molecule has 1 aliphatic heterocycles. The number of hydrogen-bond acceptors (Lipinski definition) is 2. The normalized spacial score (nSPS) is 16.2. The SMILES string of the molecule is CCN(CC)C(C)CNC(=NC)N1CCc2ccccc21. The van der Waals surface area contributed by atoms with Gasteiger partial charge in [0.2, 0.25) is 0 Å². The highest BCUT2D eigenvalue weighted by Crippen LogP contribution is 2.27. The van der Waals surface area contributed by atoms with E-state index in [-0.39, 0.29) is 0 Å². The van der Waals surface area contributed by atoms with Crippen LogP contribution in [0.15, 0.2) is 29.3 Å². The molecule has 0 saturated carbocycles. The predicted molar refractivity (Wildman–Crippen MR) is 91.2 cm³/mol. The number of benzene rings is 1. The maximum atomic E-state index is 4.46. The van der Waals surface area contributed by atoms with Gasteiger partial charge in [0.05, 0.1) is 0 Å². The third kappa shape index (κ3) is 3.56. The van der Waals surface area contributed by atoms with Crippen LogP contribution in [0, 0.1) is 0 Å². The van der Waals surface area contributed by atoms with Crippen LogP contribution in [-0.4, -0.2) is 50.1 Å². The Hall–Kier alpha value is -1.55. The van der Waals surface area contributed by atoms with Crippen molar-refractivity contribution in [3.05, 3.63) is 29.8 Å². The minimum absolute atomic E-state index is 0.509. The lowest BCUT2D eigenvalue weighted by Gasteiger charge is -2.29. The van der Waals surface area contributed by atoms with Crippen molar-refractivity contribution in [1.29, 1.82) is 0 Å². The largest absolute Gasteiger partial charge is 0.354 e. The maximum absolute atomic E-state index is 4.46. The topological polar surface area (TPSA) is 30.9 Å². The van der Waals surface area contributed by atoms with Crippen LogP contribution in [0.4, 0.5) is 5.69 Å². The number of para-hydroxylation sites is 1. The molecule has 1 unspecified atom stereocenters. The molecule has 0 spiro atoms. The number of fused-ring (bicyclic) bond motifs is 1. The first-order valence-electron chi connectivity index (χ1n) is 8.01. The molecule has 2 rings (SSSR count). The highest BCUT2D eigenvalue weighted by molar-refractivity contribution is 5.97. The lowest BCUT2D eigenvalue weighted by Crippen LogP contribution is -2.47. The van der Waals surface area contributed by atoms with Gasteiger partial charge in [-0.2, -0.15) is 0 Å². The predicted octanol–water partition coefficient (Wildman–Crippen LogP) is 2.35. The summed E-state index contributed by atoms with van der Waals surface area (Å²) in [6.45, 7) is 10.8. The molecular weight excluding hydrogens is 260 g/mol. The van der Waals surface area contributed by atoms with Crippen molar-refractivity contribution in [2.45, 2.75) is 33.2 Å². The lowest BCUT2D eigenvalue weighted by atomic mass is 10.2. The molecule has 1 aliphatic rings. The van der Waals surface area contributed by atoms with E-state index in [1.165, 1.54) is 11.3 Å². The Morgan fingerprint density at radius 3 is 2.71 bits per heavy atom. The third-order valence-corrected chi connectivity index (χ3v) is 4.35. The lowest BCUT2D eigenvalue weighted by molar-refractivity contribution is 0.232. The zero-order valence-corrected chi connectivity index (χ0v) is 13.8. The summed E-state index contributed by atoms with van der Waals surface area (Å²) in [4.78, 5) is 9.22. The van der Waals surface area contributed by atoms with Crippen LogP contribution in [0.25, 0.3) is 0 Å². The van der Waals surface area contributed by atoms with Gasteiger partial charge in [0.15, 0.2) is 5.96 Å². The van der Waals surface area contributed by atoms with Gasteiger partial charge in [-0.15, -0.1) is 0 Å². The zero-order chi connectivity index (χ0) is 15.2. The van der Waals surface area contributed by atoms with Gasteiger partial charge >= 0.3 is 0 Å². The van der Waals surface area contributed by atoms with Crippen molar-refractivity contribution < 1.29 is 0 Å². The van der Waals surface area contributed by atoms with E-state index in [9.17, 15) is 0 Å². The minimum atomic E-state index is 0.509. The summed E-state index contributed by atoms with van der Waals surface area (Å²) in [6.07, 6.45) is 1.10. The Balaban J connectivity index is 1.99. The van der Waals surface area contributed by atoms with Crippen molar-refractivity contribution >= 4 is 11.6 Å². The van der Waals surface area contributed by atoms with Crippen LogP contribution in [0.5, 0.6) is 0 Å². The molecule has 1 aromatic rings. The standard InChI is InChI=1S/C17H28N4/c1-5-20(6-2)14(3)13-19-17(18-4)21-12-11-15-9-7-8-10-16(15)21/h7-10,14H,5-6,11-13H2,1-4H3,(H,18,19). The molecule has 1 atom stereocenters. The Labute approximate surface area is 128 Å². The molecule has 0 aromatic heterocycles. The molecule has 0 radical (unpaired) electrons. The average Bonchev–Trinajstić information content (AvgIpc) is 2.93. The Morgan fingerprint density at radius 1 is 1.33 bits per heavy atom. The monoisotopic (exact) mass is 288 g/mol. The van der Waals surface area contributed by atoms with Gasteiger partial charge < -0.3 is 10.2 Å². The summed E-state index contributed by atoms with van der Waals surface area (Å²) >= 11 is 0. The van der Waals surface area contributed by atoms with Crippen LogP contribution in [0.3, 0.4) is 0 Å². The number of guanidine groups is 1. The Kier molecular flexibility index (Phi) is 5.62. The number of nitrogens with one attached hydrogen (secondary N) is 1. The van der Waals surface area contributed by atoms with Crippen molar-refractivity contribution in [3.8, 4) is 0 Å². The molecule has 1 heterocycles. The highest BCUT2D eigenvalue weighted by Gasteiger charge is 2.22. The van der Waals surface area contributed by atoms with Gasteiger partial charge in [-0.25, -0.2) is 0 Å². The van der Waals surface area contributed by atoms with Gasteiger partial charge in [0.1, 0.15) is 0 Å². The van der Waals surface area contributed by atoms with Crippen molar-refractivity contribution in [3.63, 3.8) is 0 Å². The first-order chi connectivity index (χ1) is 10.2. The van der Waals surface area contributed by atoms with Crippen LogP contribution >= 0.6 is 0 Å². The molecule has 21 heavy (non-hydrogen) atoms. The summed E-state index contributed by atoms with van der Waals surface area (Å²) in [5.41, 5.74) is 2.71. The number of anilines is 1. The highest BCUT2D eigenvalue weighted by atomic mass is 15.3. The maximum Gasteiger partial charge on any atom is 0.198 e. The molecule has 0 aliphatic carbocycles. The van der Waals surface area contributed by atoms with Crippen LogP contribution < -0.4 is 10.2 Å². The van der Waals surface area contributed by atoms with Gasteiger partial charge in [0.25, 0.3) is 0 Å². The molecule has 0 amide bonds. The van der Waals surface area contributed by atoms with E-state index in [0.29, 0.717) is 6.04 Å². The molecule has 0 bridgehead atoms. The Bertz CT molecular complexity index is 479. The number of aliphatic imine (C=N–C) groups is 1. The van der Waals surface area contributed by atoms with E-state index in [1.807, 2.05) is 7.05 Å². The van der Waals surface area contributed by atoms with E-state index in [0.717, 1.165) is 38.6 Å². The number of likely N-dealkylation sites (N-methyl/N-ethyl adjacent to an activating group) is 1. The molecule has 4 heteroatoms. The fraction of sp³-hybridized carbons (Fsp3) is 0.588. The van der Waals surface area contributed by atoms with E-state index < -0.39 is 0 Å². The third-order valence-electron chi connectivity index (χ3n) is 4.35. The summed E-state index contributed by atoms with van der Waals surface area (Å²) in [6, 6.07) is 9.11. The number of nitrogens with zero attached hydrogens (tertiary/aromatic N) is 3. The molecule has 1 aromatic carbocycles. The van der Waals surface area contributed by atoms with Crippen molar-refractivity contribution in [1.82, 2.24) is 10.2 Å². The van der Waals surface area contributed by atoms with Gasteiger partial charge in [-0.3, -0.25) is 9.89 Å². The second kappa shape index (κ2) is 7.46. The zero-order valence-electron chi connectivity index (χ0n) is 13.8. The molecule has 1 N–H and O–H groups in total. The summed E-state index contributed by atoms with van der Waals surface area (Å²) < 4.78 is 0. The van der Waals surface area contributed by atoms with Gasteiger partial charge in [-0.1, -0.05) is 32.0 Å². The summed E-state index contributed by atoms with van der Waals surface area (Å²) in [7, 11) is 1.87. The molecular formula is C17H28N4. The van der Waals surface area contributed by atoms with Gasteiger partial charge in [0, 0.05) is 31.9 Å². The molecule has 0 saturated heterocycles. The Morgan fingerprint density at radius 2 is 2.05 bits per heavy atom. The first-order valence-corrected chi connectivity index (χ1v) is 8.01. The fourth-order valence-corrected chi connectivity index (χ4v) is 3.07. The number of hydrogen-bond donors (Lipinski definition) is 1. The second-order valence-corrected chi connectivity index (χ2v) is 5.53. The smallest absolute Gasteiger partial charge is 0.198 e. The molecule has 0 fully saturated rings. The fourth-order valence-electron chi connectivity index (χ4n) is 3.07. The minimum Gasteiger partial charge on any atom is -0.354 e. The molecule has 116 valence electrons. The van der Waals surface area contributed by atoms with Crippen LogP contribution in [0.2, 0.25) is 0 Å². The summed E-state index contributed by atoms with van der Waals surface area (Å²) in [5, 5.41) is 3.54. The van der Waals surface area contributed by atoms with E-state index in [2.05, 4.69) is 65.1 Å². The van der Waals surface area contributed by atoms with E-state index in [1.54, 1.807) is 0 Å². The first kappa shape index (κ1) is 15.8.